The normalized spacial score (nSPS) is 11.8. The number of phenols is 1. The molecule has 0 heterocycles. The van der Waals surface area contributed by atoms with Crippen molar-refractivity contribution in [1.29, 1.82) is 0 Å². The molecule has 0 fully saturated rings. The molecule has 0 saturated heterocycles. The van der Waals surface area contributed by atoms with E-state index in [1.807, 2.05) is 60.7 Å². The van der Waals surface area contributed by atoms with Crippen LogP contribution in [0, 0.1) is 0 Å². The van der Waals surface area contributed by atoms with Gasteiger partial charge < -0.3 is 14.9 Å². The Kier molecular flexibility index (Phi) is 7.12. The summed E-state index contributed by atoms with van der Waals surface area (Å²) >= 11 is 6.15. The Bertz CT molecular complexity index is 918. The number of aliphatic hydroxyl groups excluding tert-OH is 1. The van der Waals surface area contributed by atoms with E-state index in [1.165, 1.54) is 0 Å². The molecule has 0 bridgehead atoms. The molecule has 2 N–H and O–H groups in total. The van der Waals surface area contributed by atoms with Gasteiger partial charge >= 0.3 is 0 Å². The molecule has 0 aliphatic carbocycles. The van der Waals surface area contributed by atoms with Crippen molar-refractivity contribution in [3.8, 4) is 11.5 Å². The fourth-order valence-corrected chi connectivity index (χ4v) is 3.40. The first kappa shape index (κ1) is 20.0. The molecule has 3 aromatic rings. The Morgan fingerprint density at radius 1 is 0.821 bits per heavy atom. The van der Waals surface area contributed by atoms with Gasteiger partial charge in [-0.3, -0.25) is 0 Å². The van der Waals surface area contributed by atoms with Crippen LogP contribution in [-0.2, 0) is 0 Å². The van der Waals surface area contributed by atoms with Gasteiger partial charge in [0.05, 0.1) is 6.61 Å². The van der Waals surface area contributed by atoms with Crippen LogP contribution >= 0.6 is 11.6 Å². The van der Waals surface area contributed by atoms with E-state index in [1.54, 1.807) is 6.07 Å². The molecule has 0 atom stereocenters. The van der Waals surface area contributed by atoms with Crippen molar-refractivity contribution in [2.45, 2.75) is 6.42 Å². The second kappa shape index (κ2) is 9.98. The molecule has 3 rings (SSSR count). The second-order valence-corrected chi connectivity index (χ2v) is 6.65. The summed E-state index contributed by atoms with van der Waals surface area (Å²) in [7, 11) is 0. The number of aromatic hydroxyl groups is 1. The molecule has 0 saturated carbocycles. The van der Waals surface area contributed by atoms with Crippen LogP contribution < -0.4 is 4.74 Å². The number of para-hydroxylation sites is 1. The highest BCUT2D eigenvalue weighted by molar-refractivity contribution is 6.18. The zero-order valence-corrected chi connectivity index (χ0v) is 16.3. The van der Waals surface area contributed by atoms with Gasteiger partial charge in [0.1, 0.15) is 18.1 Å². The number of hydrogen-bond donors (Lipinski definition) is 2. The summed E-state index contributed by atoms with van der Waals surface area (Å²) in [6, 6.07) is 25.1. The number of ether oxygens (including phenoxy) is 1. The average molecular weight is 395 g/mol. The van der Waals surface area contributed by atoms with E-state index in [9.17, 15) is 5.11 Å². The Labute approximate surface area is 170 Å². The highest BCUT2D eigenvalue weighted by atomic mass is 35.5. The van der Waals surface area contributed by atoms with Crippen molar-refractivity contribution in [1.82, 2.24) is 0 Å². The van der Waals surface area contributed by atoms with E-state index in [0.717, 1.165) is 27.8 Å². The molecule has 28 heavy (non-hydrogen) atoms. The summed E-state index contributed by atoms with van der Waals surface area (Å²) in [4.78, 5) is 0. The van der Waals surface area contributed by atoms with E-state index in [2.05, 4.69) is 12.1 Å². The standard InChI is InChI=1S/C24H23ClO3/c25-15-14-21(18-6-2-1-3-7-18)24(22-8-4-5-9-23(22)27)19-10-12-20(13-11-19)28-17-16-26/h1-13,26-27H,14-17H2. The Morgan fingerprint density at radius 2 is 1.50 bits per heavy atom. The molecule has 0 radical (unpaired) electrons. The van der Waals surface area contributed by atoms with Gasteiger partial charge in [0.25, 0.3) is 0 Å². The van der Waals surface area contributed by atoms with Gasteiger partial charge in [-0.25, -0.2) is 0 Å². The highest BCUT2D eigenvalue weighted by Crippen LogP contribution is 2.38. The van der Waals surface area contributed by atoms with Gasteiger partial charge in [-0.2, -0.15) is 0 Å². The number of halogens is 1. The molecule has 0 unspecified atom stereocenters. The molecule has 0 amide bonds. The summed E-state index contributed by atoms with van der Waals surface area (Å²) in [5.41, 5.74) is 4.80. The van der Waals surface area contributed by atoms with Crippen LogP contribution in [0.2, 0.25) is 0 Å². The third-order valence-electron chi connectivity index (χ3n) is 4.44. The van der Waals surface area contributed by atoms with Crippen LogP contribution in [0.1, 0.15) is 23.1 Å². The number of allylic oxidation sites excluding steroid dienone is 1. The zero-order chi connectivity index (χ0) is 19.8. The van der Waals surface area contributed by atoms with E-state index < -0.39 is 0 Å². The van der Waals surface area contributed by atoms with Crippen molar-refractivity contribution >= 4 is 22.7 Å². The summed E-state index contributed by atoms with van der Waals surface area (Å²) in [6.45, 7) is 0.224. The van der Waals surface area contributed by atoms with Gasteiger partial charge in [0, 0.05) is 11.4 Å². The number of aliphatic hydroxyl groups is 1. The lowest BCUT2D eigenvalue weighted by molar-refractivity contribution is 0.201. The lowest BCUT2D eigenvalue weighted by Crippen LogP contribution is -2.02. The highest BCUT2D eigenvalue weighted by Gasteiger charge is 2.16. The Morgan fingerprint density at radius 3 is 2.14 bits per heavy atom. The number of rotatable bonds is 8. The fraction of sp³-hybridized carbons (Fsp3) is 0.167. The first-order valence-electron chi connectivity index (χ1n) is 9.21. The Hall–Kier alpha value is -2.75. The molecule has 144 valence electrons. The number of alkyl halides is 1. The first-order valence-corrected chi connectivity index (χ1v) is 9.75. The van der Waals surface area contributed by atoms with Crippen LogP contribution in [0.5, 0.6) is 11.5 Å². The van der Waals surface area contributed by atoms with Gasteiger partial charge in [-0.1, -0.05) is 60.7 Å². The number of hydrogen-bond acceptors (Lipinski definition) is 3. The summed E-state index contributed by atoms with van der Waals surface area (Å²) in [5, 5.41) is 19.5. The SMILES string of the molecule is OCCOc1ccc(C(=C(CCCl)c2ccccc2)c2ccccc2O)cc1. The van der Waals surface area contributed by atoms with E-state index >= 15 is 0 Å². The largest absolute Gasteiger partial charge is 0.507 e. The Balaban J connectivity index is 2.18. The maximum absolute atomic E-state index is 10.6. The van der Waals surface area contributed by atoms with Gasteiger partial charge in [0.15, 0.2) is 0 Å². The van der Waals surface area contributed by atoms with Crippen molar-refractivity contribution < 1.29 is 14.9 Å². The first-order chi connectivity index (χ1) is 13.7. The van der Waals surface area contributed by atoms with Crippen LogP contribution in [0.4, 0.5) is 0 Å². The zero-order valence-electron chi connectivity index (χ0n) is 15.5. The summed E-state index contributed by atoms with van der Waals surface area (Å²) < 4.78 is 5.48. The molecule has 4 heteroatoms. The molecule has 0 aliphatic heterocycles. The van der Waals surface area contributed by atoms with Gasteiger partial charge in [-0.05, 0) is 46.9 Å². The molecule has 0 spiro atoms. The fourth-order valence-electron chi connectivity index (χ4n) is 3.21. The minimum atomic E-state index is -0.0291. The minimum absolute atomic E-state index is 0.0291. The second-order valence-electron chi connectivity index (χ2n) is 6.27. The van der Waals surface area contributed by atoms with E-state index in [-0.39, 0.29) is 19.0 Å². The maximum Gasteiger partial charge on any atom is 0.123 e. The molecular formula is C24H23ClO3. The maximum atomic E-state index is 10.6. The van der Waals surface area contributed by atoms with Crippen molar-refractivity contribution in [2.75, 3.05) is 19.1 Å². The predicted molar refractivity (Wildman–Crippen MR) is 115 cm³/mol. The average Bonchev–Trinajstić information content (AvgIpc) is 2.74. The lowest BCUT2D eigenvalue weighted by Gasteiger charge is -2.18. The molecule has 0 aromatic heterocycles. The van der Waals surface area contributed by atoms with Crippen LogP contribution in [0.15, 0.2) is 78.9 Å². The van der Waals surface area contributed by atoms with Crippen molar-refractivity contribution in [3.63, 3.8) is 0 Å². The van der Waals surface area contributed by atoms with Crippen molar-refractivity contribution in [2.24, 2.45) is 0 Å². The van der Waals surface area contributed by atoms with Crippen LogP contribution in [0.25, 0.3) is 11.1 Å². The van der Waals surface area contributed by atoms with Crippen molar-refractivity contribution in [3.05, 3.63) is 95.6 Å². The predicted octanol–water partition coefficient (Wildman–Crippen LogP) is 5.35. The van der Waals surface area contributed by atoms with Crippen LogP contribution in [-0.4, -0.2) is 29.3 Å². The molecular weight excluding hydrogens is 372 g/mol. The van der Waals surface area contributed by atoms with E-state index in [0.29, 0.717) is 18.1 Å². The summed E-state index contributed by atoms with van der Waals surface area (Å²) in [6.07, 6.45) is 0.665. The topological polar surface area (TPSA) is 49.7 Å². The molecule has 0 aliphatic rings. The smallest absolute Gasteiger partial charge is 0.123 e. The minimum Gasteiger partial charge on any atom is -0.507 e. The number of phenolic OH excluding ortho intramolecular Hbond substituents is 1. The quantitative estimate of drug-likeness (QED) is 0.400. The monoisotopic (exact) mass is 394 g/mol. The van der Waals surface area contributed by atoms with Gasteiger partial charge in [-0.15, -0.1) is 11.6 Å². The third kappa shape index (κ3) is 4.75. The van der Waals surface area contributed by atoms with Crippen LogP contribution in [0.3, 0.4) is 0 Å². The third-order valence-corrected chi connectivity index (χ3v) is 4.63. The van der Waals surface area contributed by atoms with E-state index in [4.69, 9.17) is 21.4 Å². The van der Waals surface area contributed by atoms with Gasteiger partial charge in [0.2, 0.25) is 0 Å². The lowest BCUT2D eigenvalue weighted by atomic mass is 9.88. The summed E-state index contributed by atoms with van der Waals surface area (Å²) in [5.74, 6) is 1.38. The molecule has 3 nitrogen and oxygen atoms in total. The number of benzene rings is 3. The molecule has 3 aromatic carbocycles.